The first-order chi connectivity index (χ1) is 26.8. The first kappa shape index (κ1) is 33.9. The molecule has 1 N–H and O–H groups in total. The zero-order valence-electron chi connectivity index (χ0n) is 31.0. The molecule has 0 saturated carbocycles. The normalized spacial score (nSPS) is 16.1. The molecular formula is C51H39ClN2S. The summed E-state index contributed by atoms with van der Waals surface area (Å²) in [5.74, 6) is 0. The number of benzene rings is 6. The third-order valence-electron chi connectivity index (χ3n) is 12.1. The van der Waals surface area contributed by atoms with Crippen molar-refractivity contribution in [3.8, 4) is 22.3 Å². The Labute approximate surface area is 332 Å². The van der Waals surface area contributed by atoms with Gasteiger partial charge in [0.15, 0.2) is 0 Å². The van der Waals surface area contributed by atoms with E-state index in [1.165, 1.54) is 71.3 Å². The number of thioether (sulfide) groups is 1. The Balaban J connectivity index is 1.18. The number of hydrogen-bond donors (Lipinski definition) is 1. The Bertz CT molecular complexity index is 2780. The van der Waals surface area contributed by atoms with Gasteiger partial charge in [0, 0.05) is 50.1 Å². The smallest absolute Gasteiger partial charge is 0.0496 e. The van der Waals surface area contributed by atoms with Gasteiger partial charge in [-0.1, -0.05) is 128 Å². The largest absolute Gasteiger partial charge is 0.355 e. The zero-order chi connectivity index (χ0) is 37.3. The van der Waals surface area contributed by atoms with Crippen molar-refractivity contribution < 1.29 is 0 Å². The SMILES string of the molecule is CC1(C)c2cc(Nc3ccc(-c4ccccc4)cc3C(C)(C3=C4C(=CSc5cccc(Cl)c54)C=CC3)c3cccnc3)ccc2-c2cc3ccccc3cc21. The fraction of sp³-hybridized carbons (Fsp3) is 0.118. The number of nitrogens with one attached hydrogen (secondary N) is 1. The second-order valence-corrected chi connectivity index (χ2v) is 16.8. The van der Waals surface area contributed by atoms with Crippen LogP contribution in [0.15, 0.2) is 179 Å². The van der Waals surface area contributed by atoms with Crippen molar-refractivity contribution in [1.82, 2.24) is 4.98 Å². The van der Waals surface area contributed by atoms with E-state index in [-0.39, 0.29) is 5.41 Å². The number of aromatic nitrogens is 1. The number of halogens is 1. The van der Waals surface area contributed by atoms with E-state index in [9.17, 15) is 0 Å². The molecule has 0 fully saturated rings. The van der Waals surface area contributed by atoms with E-state index < -0.39 is 5.41 Å². The fourth-order valence-electron chi connectivity index (χ4n) is 9.17. The van der Waals surface area contributed by atoms with Crippen LogP contribution in [-0.2, 0) is 10.8 Å². The molecule has 3 aliphatic rings. The molecule has 0 saturated heterocycles. The van der Waals surface area contributed by atoms with Gasteiger partial charge in [-0.15, -0.1) is 0 Å². The highest BCUT2D eigenvalue weighted by Gasteiger charge is 2.41. The molecular weight excluding hydrogens is 708 g/mol. The number of rotatable bonds is 6. The molecule has 55 heavy (non-hydrogen) atoms. The standard InChI is InChI=1S/C51H39ClN2S/c1-50(2)42-27-34-15-8-7-14-33(34)26-40(42)39-23-22-38(29-43(39)50)54-46-24-21-35(32-12-5-4-6-13-32)28-44(46)51(3,37-17-11-25-53-30-37)41-18-9-16-36-31-55-47-20-10-19-45(52)49(47)48(36)41/h4-17,19-31,54H,18H2,1-3H3. The van der Waals surface area contributed by atoms with Gasteiger partial charge in [-0.25, -0.2) is 0 Å². The third kappa shape index (κ3) is 5.44. The maximum absolute atomic E-state index is 7.12. The molecule has 1 atom stereocenters. The van der Waals surface area contributed by atoms with E-state index in [1.807, 2.05) is 18.5 Å². The van der Waals surface area contributed by atoms with E-state index >= 15 is 0 Å². The Morgan fingerprint density at radius 2 is 1.55 bits per heavy atom. The lowest BCUT2D eigenvalue weighted by atomic mass is 9.65. The quantitative estimate of drug-likeness (QED) is 0.183. The van der Waals surface area contributed by atoms with Gasteiger partial charge in [-0.05, 0) is 145 Å². The van der Waals surface area contributed by atoms with Crippen LogP contribution in [0.25, 0.3) is 38.6 Å². The van der Waals surface area contributed by atoms with Crippen molar-refractivity contribution in [3.05, 3.63) is 207 Å². The fourth-order valence-corrected chi connectivity index (χ4v) is 10.4. The number of fused-ring (bicyclic) bond motifs is 7. The molecule has 4 heteroatoms. The van der Waals surface area contributed by atoms with E-state index in [0.29, 0.717) is 0 Å². The van der Waals surface area contributed by atoms with Crippen molar-refractivity contribution in [1.29, 1.82) is 0 Å². The Hall–Kier alpha value is -5.61. The van der Waals surface area contributed by atoms with Gasteiger partial charge in [0.2, 0.25) is 0 Å². The lowest BCUT2D eigenvalue weighted by Gasteiger charge is -2.39. The van der Waals surface area contributed by atoms with Crippen molar-refractivity contribution >= 4 is 51.1 Å². The summed E-state index contributed by atoms with van der Waals surface area (Å²) < 4.78 is 0. The highest BCUT2D eigenvalue weighted by atomic mass is 35.5. The molecule has 0 bridgehead atoms. The summed E-state index contributed by atoms with van der Waals surface area (Å²) in [5, 5.41) is 9.60. The summed E-state index contributed by atoms with van der Waals surface area (Å²) in [4.78, 5) is 5.90. The summed E-state index contributed by atoms with van der Waals surface area (Å²) in [6, 6.07) is 48.5. The summed E-state index contributed by atoms with van der Waals surface area (Å²) in [6.45, 7) is 7.09. The van der Waals surface area contributed by atoms with Crippen molar-refractivity contribution in [2.45, 2.75) is 42.9 Å². The average molecular weight is 747 g/mol. The average Bonchev–Trinajstić information content (AvgIpc) is 3.44. The van der Waals surface area contributed by atoms with E-state index in [0.717, 1.165) is 33.9 Å². The first-order valence-electron chi connectivity index (χ1n) is 18.9. The molecule has 10 rings (SSSR count). The second-order valence-electron chi connectivity index (χ2n) is 15.5. The van der Waals surface area contributed by atoms with Gasteiger partial charge in [-0.2, -0.15) is 0 Å². The van der Waals surface area contributed by atoms with E-state index in [4.69, 9.17) is 16.6 Å². The lowest BCUT2D eigenvalue weighted by Crippen LogP contribution is -2.30. The number of nitrogens with zero attached hydrogens (tertiary/aromatic N) is 1. The zero-order valence-corrected chi connectivity index (χ0v) is 32.6. The molecule has 2 aliphatic carbocycles. The van der Waals surface area contributed by atoms with Gasteiger partial charge in [0.05, 0.1) is 0 Å². The Morgan fingerprint density at radius 1 is 0.745 bits per heavy atom. The van der Waals surface area contributed by atoms with Crippen molar-refractivity contribution in [2.24, 2.45) is 0 Å². The molecule has 0 radical (unpaired) electrons. The van der Waals surface area contributed by atoms with Gasteiger partial charge in [0.25, 0.3) is 0 Å². The minimum absolute atomic E-state index is 0.147. The minimum Gasteiger partial charge on any atom is -0.355 e. The number of pyridine rings is 1. The molecule has 1 unspecified atom stereocenters. The van der Waals surface area contributed by atoms with Crippen molar-refractivity contribution in [3.63, 3.8) is 0 Å². The highest BCUT2D eigenvalue weighted by Crippen LogP contribution is 2.55. The Kier molecular flexibility index (Phi) is 8.02. The monoisotopic (exact) mass is 746 g/mol. The van der Waals surface area contributed by atoms with Gasteiger partial charge in [-0.3, -0.25) is 4.98 Å². The van der Waals surface area contributed by atoms with Crippen LogP contribution in [0.1, 0.15) is 55.0 Å². The molecule has 7 aromatic rings. The summed E-state index contributed by atoms with van der Waals surface area (Å²) in [7, 11) is 0. The molecule has 6 aromatic carbocycles. The first-order valence-corrected chi connectivity index (χ1v) is 20.2. The summed E-state index contributed by atoms with van der Waals surface area (Å²) in [6.07, 6.45) is 9.25. The maximum Gasteiger partial charge on any atom is 0.0496 e. The van der Waals surface area contributed by atoms with Gasteiger partial charge < -0.3 is 5.32 Å². The maximum atomic E-state index is 7.12. The Morgan fingerprint density at radius 3 is 2.36 bits per heavy atom. The van der Waals surface area contributed by atoms with Crippen LogP contribution >= 0.6 is 23.4 Å². The molecule has 2 nitrogen and oxygen atoms in total. The van der Waals surface area contributed by atoms with Crippen LogP contribution in [0, 0.1) is 0 Å². The van der Waals surface area contributed by atoms with Crippen LogP contribution in [0.2, 0.25) is 5.02 Å². The molecule has 0 amide bonds. The van der Waals surface area contributed by atoms with Gasteiger partial charge >= 0.3 is 0 Å². The van der Waals surface area contributed by atoms with E-state index in [1.54, 1.807) is 11.8 Å². The van der Waals surface area contributed by atoms with Crippen molar-refractivity contribution in [2.75, 3.05) is 5.32 Å². The number of allylic oxidation sites excluding steroid dienone is 5. The predicted octanol–water partition coefficient (Wildman–Crippen LogP) is 14.3. The highest BCUT2D eigenvalue weighted by molar-refractivity contribution is 8.02. The molecule has 266 valence electrons. The molecule has 2 heterocycles. The number of anilines is 2. The molecule has 1 aliphatic heterocycles. The van der Waals surface area contributed by atoms with Gasteiger partial charge in [0.1, 0.15) is 0 Å². The van der Waals surface area contributed by atoms with Crippen LogP contribution in [-0.4, -0.2) is 4.98 Å². The van der Waals surface area contributed by atoms with Crippen LogP contribution in [0.3, 0.4) is 0 Å². The number of hydrogen-bond acceptors (Lipinski definition) is 3. The van der Waals surface area contributed by atoms with Crippen LogP contribution in [0.4, 0.5) is 11.4 Å². The third-order valence-corrected chi connectivity index (χ3v) is 13.4. The topological polar surface area (TPSA) is 24.9 Å². The second kappa shape index (κ2) is 13.0. The summed E-state index contributed by atoms with van der Waals surface area (Å²) in [5.41, 5.74) is 16.2. The summed E-state index contributed by atoms with van der Waals surface area (Å²) >= 11 is 8.87. The van der Waals surface area contributed by atoms with E-state index in [2.05, 4.69) is 171 Å². The molecule has 1 aromatic heterocycles. The minimum atomic E-state index is -0.592. The van der Waals surface area contributed by atoms with Crippen LogP contribution < -0.4 is 5.32 Å². The predicted molar refractivity (Wildman–Crippen MR) is 233 cm³/mol. The molecule has 0 spiro atoms. The lowest BCUT2D eigenvalue weighted by molar-refractivity contribution is 0.657. The van der Waals surface area contributed by atoms with Crippen LogP contribution in [0.5, 0.6) is 0 Å².